The number of fused-ring (bicyclic) bond motifs is 1. The van der Waals surface area contributed by atoms with Gasteiger partial charge in [0.2, 0.25) is 5.76 Å². The van der Waals surface area contributed by atoms with Gasteiger partial charge < -0.3 is 14.8 Å². The summed E-state index contributed by atoms with van der Waals surface area (Å²) >= 11 is 0. The Morgan fingerprint density at radius 3 is 2.86 bits per heavy atom. The predicted molar refractivity (Wildman–Crippen MR) is 73.9 cm³/mol. The van der Waals surface area contributed by atoms with Crippen molar-refractivity contribution in [3.8, 4) is 0 Å². The van der Waals surface area contributed by atoms with Gasteiger partial charge in [-0.05, 0) is 12.0 Å². The average Bonchev–Trinajstić information content (AvgIpc) is 3.03. The van der Waals surface area contributed by atoms with Gasteiger partial charge in [0.1, 0.15) is 6.61 Å². The van der Waals surface area contributed by atoms with E-state index in [4.69, 9.17) is 9.47 Å². The van der Waals surface area contributed by atoms with Gasteiger partial charge in [-0.2, -0.15) is 0 Å². The maximum atomic E-state index is 12.2. The van der Waals surface area contributed by atoms with Crippen LogP contribution in [0.3, 0.4) is 0 Å². The molecule has 2 amide bonds. The van der Waals surface area contributed by atoms with E-state index in [1.807, 2.05) is 30.3 Å². The molecule has 6 nitrogen and oxygen atoms in total. The molecule has 2 heterocycles. The van der Waals surface area contributed by atoms with E-state index in [9.17, 15) is 9.59 Å². The molecule has 1 aromatic rings. The fourth-order valence-electron chi connectivity index (χ4n) is 2.65. The van der Waals surface area contributed by atoms with Crippen molar-refractivity contribution in [2.75, 3.05) is 13.7 Å². The third-order valence-electron chi connectivity index (χ3n) is 3.64. The van der Waals surface area contributed by atoms with Crippen molar-refractivity contribution >= 4 is 12.0 Å². The fraction of sp³-hybridized carbons (Fsp3) is 0.333. The van der Waals surface area contributed by atoms with Gasteiger partial charge in [0.15, 0.2) is 0 Å². The van der Waals surface area contributed by atoms with E-state index in [0.717, 1.165) is 5.56 Å². The largest absolute Gasteiger partial charge is 0.490 e. The van der Waals surface area contributed by atoms with Crippen LogP contribution >= 0.6 is 0 Å². The van der Waals surface area contributed by atoms with Crippen molar-refractivity contribution in [2.24, 2.45) is 0 Å². The number of amides is 2. The summed E-state index contributed by atoms with van der Waals surface area (Å²) in [6.45, 7) is 0.721. The smallest absolute Gasteiger partial charge is 0.414 e. The molecule has 0 aliphatic carbocycles. The highest BCUT2D eigenvalue weighted by atomic mass is 16.6. The number of methoxy groups -OCH3 is 1. The number of hydrogen-bond acceptors (Lipinski definition) is 4. The SMILES string of the molecule is COC1=C2[C@H](CCN2C(=O)OCc2ccccc2)NC1=O. The molecule has 2 aliphatic rings. The first kappa shape index (κ1) is 13.5. The Balaban J connectivity index is 1.70. The van der Waals surface area contributed by atoms with Crippen LogP contribution in [0.25, 0.3) is 0 Å². The van der Waals surface area contributed by atoms with Gasteiger partial charge in [0.05, 0.1) is 18.8 Å². The Kier molecular flexibility index (Phi) is 3.51. The molecule has 1 saturated heterocycles. The van der Waals surface area contributed by atoms with E-state index in [-0.39, 0.29) is 24.3 Å². The molecule has 110 valence electrons. The molecule has 0 bridgehead atoms. The van der Waals surface area contributed by atoms with Crippen LogP contribution in [0.2, 0.25) is 0 Å². The van der Waals surface area contributed by atoms with E-state index in [0.29, 0.717) is 18.7 Å². The number of nitrogens with one attached hydrogen (secondary N) is 1. The third-order valence-corrected chi connectivity index (χ3v) is 3.64. The molecule has 2 aliphatic heterocycles. The highest BCUT2D eigenvalue weighted by molar-refractivity contribution is 5.96. The molecular weight excluding hydrogens is 272 g/mol. The first-order valence-corrected chi connectivity index (χ1v) is 6.78. The average molecular weight is 288 g/mol. The van der Waals surface area contributed by atoms with E-state index in [1.165, 1.54) is 12.0 Å². The van der Waals surface area contributed by atoms with Crippen molar-refractivity contribution in [3.63, 3.8) is 0 Å². The second-order valence-corrected chi connectivity index (χ2v) is 4.93. The summed E-state index contributed by atoms with van der Waals surface area (Å²) in [6.07, 6.45) is 0.219. The maximum Gasteiger partial charge on any atom is 0.414 e. The van der Waals surface area contributed by atoms with Gasteiger partial charge in [-0.15, -0.1) is 0 Å². The minimum Gasteiger partial charge on any atom is -0.490 e. The van der Waals surface area contributed by atoms with E-state index < -0.39 is 6.09 Å². The van der Waals surface area contributed by atoms with E-state index in [2.05, 4.69) is 5.32 Å². The molecule has 0 unspecified atom stereocenters. The summed E-state index contributed by atoms with van der Waals surface area (Å²) in [5.41, 5.74) is 1.50. The second kappa shape index (κ2) is 5.47. The van der Waals surface area contributed by atoms with Gasteiger partial charge in [-0.25, -0.2) is 4.79 Å². The maximum absolute atomic E-state index is 12.2. The first-order valence-electron chi connectivity index (χ1n) is 6.78. The second-order valence-electron chi connectivity index (χ2n) is 4.93. The lowest BCUT2D eigenvalue weighted by molar-refractivity contribution is -0.119. The Morgan fingerprint density at radius 1 is 1.38 bits per heavy atom. The van der Waals surface area contributed by atoms with Crippen molar-refractivity contribution in [1.29, 1.82) is 0 Å². The summed E-state index contributed by atoms with van der Waals surface area (Å²) in [5.74, 6) is -0.0766. The van der Waals surface area contributed by atoms with Crippen LogP contribution in [0.5, 0.6) is 0 Å². The molecule has 0 radical (unpaired) electrons. The minimum atomic E-state index is -0.456. The molecule has 0 saturated carbocycles. The highest BCUT2D eigenvalue weighted by Gasteiger charge is 2.43. The molecule has 0 spiro atoms. The number of rotatable bonds is 3. The molecule has 1 aromatic carbocycles. The molecule has 1 N–H and O–H groups in total. The third kappa shape index (κ3) is 2.44. The summed E-state index contributed by atoms with van der Waals surface area (Å²) < 4.78 is 10.4. The number of ether oxygens (including phenoxy) is 2. The van der Waals surface area contributed by atoms with Crippen molar-refractivity contribution in [2.45, 2.75) is 19.1 Å². The van der Waals surface area contributed by atoms with Crippen LogP contribution in [-0.4, -0.2) is 36.6 Å². The van der Waals surface area contributed by atoms with Gasteiger partial charge >= 0.3 is 6.09 Å². The molecule has 1 atom stereocenters. The molecular formula is C15H16N2O4. The summed E-state index contributed by atoms with van der Waals surface area (Å²) in [7, 11) is 1.43. The van der Waals surface area contributed by atoms with Crippen LogP contribution in [0, 0.1) is 0 Å². The first-order chi connectivity index (χ1) is 10.2. The standard InChI is InChI=1S/C15H16N2O4/c1-20-13-12-11(16-14(13)18)7-8-17(12)15(19)21-9-10-5-3-2-4-6-10/h2-6,11H,7-9H2,1H3,(H,16,18)/t11-/m0/s1. The van der Waals surface area contributed by atoms with E-state index >= 15 is 0 Å². The number of benzene rings is 1. The normalized spacial score (nSPS) is 20.3. The van der Waals surface area contributed by atoms with Gasteiger partial charge in [-0.1, -0.05) is 30.3 Å². The lowest BCUT2D eigenvalue weighted by atomic mass is 10.2. The van der Waals surface area contributed by atoms with Gasteiger partial charge in [0, 0.05) is 6.54 Å². The molecule has 0 aromatic heterocycles. The van der Waals surface area contributed by atoms with Crippen LogP contribution in [-0.2, 0) is 20.9 Å². The van der Waals surface area contributed by atoms with Crippen LogP contribution in [0.1, 0.15) is 12.0 Å². The minimum absolute atomic E-state index is 0.156. The zero-order chi connectivity index (χ0) is 14.8. The van der Waals surface area contributed by atoms with Crippen LogP contribution < -0.4 is 5.32 Å². The van der Waals surface area contributed by atoms with E-state index in [1.54, 1.807) is 0 Å². The lowest BCUT2D eigenvalue weighted by Gasteiger charge is -2.18. The van der Waals surface area contributed by atoms with Gasteiger partial charge in [-0.3, -0.25) is 9.69 Å². The highest BCUT2D eigenvalue weighted by Crippen LogP contribution is 2.30. The van der Waals surface area contributed by atoms with Crippen molar-refractivity contribution < 1.29 is 19.1 Å². The summed E-state index contributed by atoms with van der Waals surface area (Å²) in [5, 5.41) is 2.79. The number of carbonyl (C=O) groups excluding carboxylic acids is 2. The summed E-state index contributed by atoms with van der Waals surface area (Å²) in [4.78, 5) is 25.4. The Hall–Kier alpha value is -2.50. The number of carbonyl (C=O) groups is 2. The van der Waals surface area contributed by atoms with Crippen LogP contribution in [0.4, 0.5) is 4.79 Å². The Bertz CT molecular complexity index is 597. The molecule has 3 rings (SSSR count). The van der Waals surface area contributed by atoms with Crippen molar-refractivity contribution in [3.05, 3.63) is 47.4 Å². The quantitative estimate of drug-likeness (QED) is 0.912. The number of hydrogen-bond donors (Lipinski definition) is 1. The van der Waals surface area contributed by atoms with Gasteiger partial charge in [0.25, 0.3) is 5.91 Å². The predicted octanol–water partition coefficient (Wildman–Crippen LogP) is 1.39. The van der Waals surface area contributed by atoms with Crippen molar-refractivity contribution in [1.82, 2.24) is 10.2 Å². The Morgan fingerprint density at radius 2 is 2.14 bits per heavy atom. The molecule has 21 heavy (non-hydrogen) atoms. The zero-order valence-electron chi connectivity index (χ0n) is 11.7. The molecule has 1 fully saturated rings. The zero-order valence-corrected chi connectivity index (χ0v) is 11.7. The summed E-state index contributed by atoms with van der Waals surface area (Å²) in [6, 6.07) is 9.31. The van der Waals surface area contributed by atoms with Crippen LogP contribution in [0.15, 0.2) is 41.8 Å². The molecule has 6 heteroatoms. The Labute approximate surface area is 122 Å². The fourth-order valence-corrected chi connectivity index (χ4v) is 2.65. The monoisotopic (exact) mass is 288 g/mol. The topological polar surface area (TPSA) is 67.9 Å². The number of nitrogens with zero attached hydrogens (tertiary/aromatic N) is 1. The number of likely N-dealkylation sites (tertiary alicyclic amines) is 1. The lowest BCUT2D eigenvalue weighted by Crippen LogP contribution is -2.29.